The third-order valence-corrected chi connectivity index (χ3v) is 5.85. The van der Waals surface area contributed by atoms with Crippen molar-refractivity contribution in [2.24, 2.45) is 0 Å². The van der Waals surface area contributed by atoms with Crippen LogP contribution in [0.3, 0.4) is 0 Å². The van der Waals surface area contributed by atoms with E-state index in [2.05, 4.69) is 99.6 Å². The van der Waals surface area contributed by atoms with Crippen LogP contribution in [-0.2, 0) is 5.41 Å². The fourth-order valence-corrected chi connectivity index (χ4v) is 4.69. The van der Waals surface area contributed by atoms with E-state index in [0.29, 0.717) is 0 Å². The number of fused-ring (bicyclic) bond motifs is 1. The van der Waals surface area contributed by atoms with Gasteiger partial charge in [0, 0.05) is 21.8 Å². The number of rotatable bonds is 2. The van der Waals surface area contributed by atoms with E-state index >= 15 is 0 Å². The van der Waals surface area contributed by atoms with Crippen molar-refractivity contribution in [3.63, 3.8) is 0 Å². The number of nitrogens with zero attached hydrogens (tertiary/aromatic N) is 1. The number of pyridine rings is 1. The maximum atomic E-state index is 5.07. The first kappa shape index (κ1) is 17.7. The van der Waals surface area contributed by atoms with Gasteiger partial charge in [-0.15, -0.1) is 0 Å². The van der Waals surface area contributed by atoms with Crippen molar-refractivity contribution in [2.45, 2.75) is 26.2 Å². The van der Waals surface area contributed by atoms with E-state index in [-0.39, 0.29) is 5.41 Å². The van der Waals surface area contributed by atoms with Crippen LogP contribution in [0.25, 0.3) is 33.2 Å². The van der Waals surface area contributed by atoms with Crippen molar-refractivity contribution in [1.82, 2.24) is 4.98 Å². The SMILES string of the molecule is CC(C)(C)c1cccc2nc([SiH3])c(-c3ccccc3)c(-c3ccccc3)c12. The summed E-state index contributed by atoms with van der Waals surface area (Å²) in [7, 11) is 0.906. The largest absolute Gasteiger partial charge is 0.258 e. The molecule has 1 heterocycles. The molecule has 0 fully saturated rings. The lowest BCUT2D eigenvalue weighted by Gasteiger charge is -2.25. The van der Waals surface area contributed by atoms with E-state index < -0.39 is 0 Å². The summed E-state index contributed by atoms with van der Waals surface area (Å²) in [5.74, 6) is 0. The van der Waals surface area contributed by atoms with Gasteiger partial charge in [0.2, 0.25) is 0 Å². The number of hydrogen-bond donors (Lipinski definition) is 0. The summed E-state index contributed by atoms with van der Waals surface area (Å²) in [5, 5.41) is 2.49. The molecule has 0 aliphatic carbocycles. The van der Waals surface area contributed by atoms with E-state index in [1.54, 1.807) is 0 Å². The number of hydrogen-bond acceptors (Lipinski definition) is 1. The summed E-state index contributed by atoms with van der Waals surface area (Å²) in [6.45, 7) is 6.86. The predicted molar refractivity (Wildman–Crippen MR) is 121 cm³/mol. The molecule has 0 N–H and O–H groups in total. The molecule has 0 saturated carbocycles. The third kappa shape index (κ3) is 3.22. The Morgan fingerprint density at radius 3 is 1.78 bits per heavy atom. The molecule has 0 bridgehead atoms. The Balaban J connectivity index is 2.23. The van der Waals surface area contributed by atoms with Crippen LogP contribution in [0.5, 0.6) is 0 Å². The van der Waals surface area contributed by atoms with Gasteiger partial charge in [-0.2, -0.15) is 0 Å². The van der Waals surface area contributed by atoms with Gasteiger partial charge < -0.3 is 0 Å². The molecule has 1 nitrogen and oxygen atoms in total. The van der Waals surface area contributed by atoms with Gasteiger partial charge in [-0.05, 0) is 28.2 Å². The Hall–Kier alpha value is -2.71. The van der Waals surface area contributed by atoms with Crippen molar-refractivity contribution in [2.75, 3.05) is 0 Å². The van der Waals surface area contributed by atoms with Crippen LogP contribution in [-0.4, -0.2) is 15.2 Å². The molecule has 4 rings (SSSR count). The normalized spacial score (nSPS) is 11.8. The summed E-state index contributed by atoms with van der Waals surface area (Å²) in [4.78, 5) is 5.07. The average Bonchev–Trinajstić information content (AvgIpc) is 2.67. The highest BCUT2D eigenvalue weighted by molar-refractivity contribution is 6.36. The van der Waals surface area contributed by atoms with Crippen molar-refractivity contribution in [1.29, 1.82) is 0 Å². The molecule has 27 heavy (non-hydrogen) atoms. The lowest BCUT2D eigenvalue weighted by molar-refractivity contribution is 0.596. The molecule has 0 unspecified atom stereocenters. The second-order valence-electron chi connectivity index (χ2n) is 8.13. The highest BCUT2D eigenvalue weighted by Crippen LogP contribution is 2.40. The second kappa shape index (κ2) is 6.79. The van der Waals surface area contributed by atoms with E-state index in [1.165, 1.54) is 38.5 Å². The molecule has 4 aromatic rings. The maximum Gasteiger partial charge on any atom is 0.0709 e. The minimum Gasteiger partial charge on any atom is -0.258 e. The first-order valence-electron chi connectivity index (χ1n) is 9.51. The van der Waals surface area contributed by atoms with Crippen molar-refractivity contribution in [3.8, 4) is 22.3 Å². The van der Waals surface area contributed by atoms with Crippen molar-refractivity contribution in [3.05, 3.63) is 84.4 Å². The van der Waals surface area contributed by atoms with Gasteiger partial charge in [0.25, 0.3) is 0 Å². The van der Waals surface area contributed by atoms with Gasteiger partial charge in [-0.1, -0.05) is 93.6 Å². The molecular weight excluding hydrogens is 342 g/mol. The summed E-state index contributed by atoms with van der Waals surface area (Å²) >= 11 is 0. The molecule has 3 aromatic carbocycles. The zero-order valence-corrected chi connectivity index (χ0v) is 18.5. The molecule has 0 atom stereocenters. The lowest BCUT2D eigenvalue weighted by Crippen LogP contribution is -2.17. The van der Waals surface area contributed by atoms with Crippen LogP contribution in [0.2, 0.25) is 0 Å². The maximum absolute atomic E-state index is 5.07. The van der Waals surface area contributed by atoms with Crippen LogP contribution in [0.15, 0.2) is 78.9 Å². The first-order chi connectivity index (χ1) is 13.0. The fourth-order valence-electron chi connectivity index (χ4n) is 3.92. The molecule has 134 valence electrons. The fraction of sp³-hybridized carbons (Fsp3) is 0.160. The number of aromatic nitrogens is 1. The van der Waals surface area contributed by atoms with Crippen molar-refractivity contribution >= 4 is 26.5 Å². The lowest BCUT2D eigenvalue weighted by atomic mass is 9.81. The minimum atomic E-state index is 0.0470. The molecule has 0 amide bonds. The Morgan fingerprint density at radius 2 is 1.22 bits per heavy atom. The molecule has 0 aliphatic rings. The number of benzene rings is 3. The van der Waals surface area contributed by atoms with Gasteiger partial charge in [-0.3, -0.25) is 4.98 Å². The summed E-state index contributed by atoms with van der Waals surface area (Å²) in [6.07, 6.45) is 0. The van der Waals surface area contributed by atoms with Crippen LogP contribution in [0.1, 0.15) is 26.3 Å². The third-order valence-electron chi connectivity index (χ3n) is 5.13. The predicted octanol–water partition coefficient (Wildman–Crippen LogP) is 4.86. The molecule has 0 aliphatic heterocycles. The van der Waals surface area contributed by atoms with Crippen LogP contribution in [0, 0.1) is 0 Å². The van der Waals surface area contributed by atoms with E-state index in [4.69, 9.17) is 4.98 Å². The topological polar surface area (TPSA) is 12.9 Å². The van der Waals surface area contributed by atoms with Crippen molar-refractivity contribution < 1.29 is 0 Å². The quantitative estimate of drug-likeness (QED) is 0.461. The van der Waals surface area contributed by atoms with E-state index in [0.717, 1.165) is 15.8 Å². The van der Waals surface area contributed by atoms with Gasteiger partial charge in [0.05, 0.1) is 15.8 Å². The summed E-state index contributed by atoms with van der Waals surface area (Å²) in [5.41, 5.74) is 7.62. The molecule has 0 spiro atoms. The smallest absolute Gasteiger partial charge is 0.0709 e. The molecule has 1 aromatic heterocycles. The van der Waals surface area contributed by atoms with E-state index in [9.17, 15) is 0 Å². The molecule has 0 radical (unpaired) electrons. The Bertz CT molecular complexity index is 1090. The second-order valence-corrected chi connectivity index (χ2v) is 9.08. The first-order valence-corrected chi connectivity index (χ1v) is 10.5. The van der Waals surface area contributed by atoms with Gasteiger partial charge in [-0.25, -0.2) is 0 Å². The average molecular weight is 368 g/mol. The summed E-state index contributed by atoms with van der Waals surface area (Å²) < 4.78 is 0. The highest BCUT2D eigenvalue weighted by atomic mass is 28.1. The highest BCUT2D eigenvalue weighted by Gasteiger charge is 2.23. The molecular formula is C25H25NSi. The molecule has 2 heteroatoms. The zero-order chi connectivity index (χ0) is 19.0. The van der Waals surface area contributed by atoms with Gasteiger partial charge in [0.1, 0.15) is 0 Å². The van der Waals surface area contributed by atoms with E-state index in [1.807, 2.05) is 0 Å². The minimum absolute atomic E-state index is 0.0470. The van der Waals surface area contributed by atoms with Crippen LogP contribution >= 0.6 is 0 Å². The Labute approximate surface area is 164 Å². The van der Waals surface area contributed by atoms with Gasteiger partial charge >= 0.3 is 0 Å². The van der Waals surface area contributed by atoms with Crippen LogP contribution < -0.4 is 5.32 Å². The van der Waals surface area contributed by atoms with Gasteiger partial charge in [0.15, 0.2) is 0 Å². The standard InChI is InChI=1S/C25H25NSi/c1-25(2,3)19-15-10-16-20-23(19)21(17-11-6-4-7-12-17)22(24(27)26-20)18-13-8-5-9-14-18/h4-16H,1-3,27H3. The van der Waals surface area contributed by atoms with Crippen LogP contribution in [0.4, 0.5) is 0 Å². The molecule has 0 saturated heterocycles. The summed E-state index contributed by atoms with van der Waals surface area (Å²) in [6, 6.07) is 28.1. The Kier molecular flexibility index (Phi) is 4.45. The zero-order valence-electron chi connectivity index (χ0n) is 16.5. The monoisotopic (exact) mass is 367 g/mol. The Morgan fingerprint density at radius 1 is 0.667 bits per heavy atom.